The molecule has 6 aromatic carbocycles. The number of hydrogen-bond acceptors (Lipinski definition) is 11. The van der Waals surface area contributed by atoms with Crippen LogP contribution in [-0.4, -0.2) is 188 Å². The summed E-state index contributed by atoms with van der Waals surface area (Å²) in [6.45, 7) is 0. The number of carbonyl (C=O) groups is 3. The topological polar surface area (TPSA) is 317 Å². The third-order valence-electron chi connectivity index (χ3n) is 8.34. The Morgan fingerprint density at radius 1 is 0.371 bits per heavy atom. The normalized spacial score (nSPS) is 11.4. The fraction of sp³-hybridized carbons (Fsp3) is 0. The number of carbonyl (C=O) groups excluding carboxylic acids is 3. The first-order valence-electron chi connectivity index (χ1n) is 15.9. The Bertz CT molecular complexity index is 2970. The molecule has 0 aliphatic carbocycles. The van der Waals surface area contributed by atoms with Crippen LogP contribution in [0.5, 0.6) is 0 Å². The van der Waals surface area contributed by atoms with Crippen LogP contribution in [0, 0.1) is 0 Å². The average molecular weight is 963 g/mol. The quantitative estimate of drug-likeness (QED) is 0.0718. The summed E-state index contributed by atoms with van der Waals surface area (Å²) < 4.78 is 136. The third kappa shape index (κ3) is 12.9. The maximum absolute atomic E-state index is 13.2. The van der Waals surface area contributed by atoms with Crippen LogP contribution < -0.4 is 21.3 Å². The van der Waals surface area contributed by atoms with Crippen molar-refractivity contribution in [2.45, 2.75) is 19.6 Å². The monoisotopic (exact) mass is 962 g/mol. The average Bonchev–Trinajstić information content (AvgIpc) is 3.13. The van der Waals surface area contributed by atoms with Crippen molar-refractivity contribution in [2.75, 3.05) is 21.3 Å². The van der Waals surface area contributed by atoms with Crippen molar-refractivity contribution in [1.82, 2.24) is 0 Å². The van der Waals surface area contributed by atoms with Gasteiger partial charge >= 0.3 is 6.03 Å². The van der Waals surface area contributed by atoms with E-state index in [4.69, 9.17) is 0 Å². The molecule has 27 heteroatoms. The number of nitrogens with one attached hydrogen (secondary N) is 4. The molecule has 19 nitrogen and oxygen atoms in total. The Morgan fingerprint density at radius 3 is 0.919 bits per heavy atom. The van der Waals surface area contributed by atoms with Crippen molar-refractivity contribution in [3.63, 3.8) is 0 Å². The second-order valence-electron chi connectivity index (χ2n) is 12.1. The summed E-state index contributed by atoms with van der Waals surface area (Å²) in [6.07, 6.45) is 0. The molecule has 8 N–H and O–H groups in total. The van der Waals surface area contributed by atoms with Crippen molar-refractivity contribution >= 4 is 221 Å². The van der Waals surface area contributed by atoms with E-state index in [0.29, 0.717) is 12.1 Å². The van der Waals surface area contributed by atoms with Crippen LogP contribution in [-0.2, 0) is 40.5 Å². The first-order chi connectivity index (χ1) is 27.0. The predicted molar refractivity (Wildman–Crippen MR) is 232 cm³/mol. The molecule has 0 spiro atoms. The molecule has 4 radical (unpaired) electrons. The van der Waals surface area contributed by atoms with Gasteiger partial charge in [-0.15, -0.1) is 0 Å². The minimum absolute atomic E-state index is 0. The zero-order valence-electron chi connectivity index (χ0n) is 32.8. The van der Waals surface area contributed by atoms with E-state index in [9.17, 15) is 66.3 Å². The molecule has 4 amide bonds. The number of hydrogen-bond donors (Lipinski definition) is 8. The number of benzene rings is 6. The van der Waals surface area contributed by atoms with Crippen molar-refractivity contribution in [3.05, 3.63) is 120 Å². The molecule has 6 aromatic rings. The zero-order valence-corrected chi connectivity index (χ0v) is 44.1. The molecular weight excluding hydrogens is 937 g/mol. The number of anilines is 4. The molecule has 0 aromatic heterocycles. The summed E-state index contributed by atoms with van der Waals surface area (Å²) in [4.78, 5) is 35.5. The molecule has 0 aliphatic heterocycles. The van der Waals surface area contributed by atoms with Crippen LogP contribution in [0.4, 0.5) is 27.5 Å². The SMILES string of the molecule is O=C(Nc1ccc(C(=O)Nc2c(S(=O)(=O)O)cc(S(=O)(=O)O)c3ccccc23)cc1)Nc1ccc(C(=O)Nc2c(S(=O)(=O)O)cc(S(=O)(=O)O)c3ccccc23)cc1.[Na].[Na].[Na].[Na]. The van der Waals surface area contributed by atoms with Gasteiger partial charge in [-0.25, -0.2) is 4.79 Å². The molecule has 0 fully saturated rings. The van der Waals surface area contributed by atoms with Crippen molar-refractivity contribution in [1.29, 1.82) is 0 Å². The van der Waals surface area contributed by atoms with Gasteiger partial charge < -0.3 is 21.3 Å². The van der Waals surface area contributed by atoms with Crippen molar-refractivity contribution in [3.8, 4) is 0 Å². The van der Waals surface area contributed by atoms with Crippen LogP contribution in [0.15, 0.2) is 129 Å². The van der Waals surface area contributed by atoms with Gasteiger partial charge in [-0.1, -0.05) is 48.5 Å². The largest absolute Gasteiger partial charge is 0.323 e. The van der Waals surface area contributed by atoms with Crippen LogP contribution in [0.1, 0.15) is 20.7 Å². The Morgan fingerprint density at radius 2 is 0.645 bits per heavy atom. The molecular formula is C35H26N4Na4O15S4. The zero-order chi connectivity index (χ0) is 42.4. The molecule has 304 valence electrons. The first kappa shape index (κ1) is 55.8. The van der Waals surface area contributed by atoms with E-state index in [2.05, 4.69) is 21.3 Å². The summed E-state index contributed by atoms with van der Waals surface area (Å²) in [6, 6.07) is 21.2. The molecule has 0 saturated carbocycles. The van der Waals surface area contributed by atoms with Gasteiger partial charge in [0.15, 0.2) is 0 Å². The van der Waals surface area contributed by atoms with Gasteiger partial charge in [-0.05, 0) is 60.7 Å². The summed E-state index contributed by atoms with van der Waals surface area (Å²) in [5.74, 6) is -1.79. The van der Waals surface area contributed by atoms with Gasteiger partial charge in [0, 0.05) is 162 Å². The van der Waals surface area contributed by atoms with Crippen LogP contribution in [0.3, 0.4) is 0 Å². The molecule has 0 unspecified atom stereocenters. The molecule has 0 saturated heterocycles. The third-order valence-corrected chi connectivity index (χ3v) is 11.9. The Hall–Kier alpha value is -2.31. The minimum atomic E-state index is -5.14. The van der Waals surface area contributed by atoms with E-state index in [0.717, 1.165) is 0 Å². The fourth-order valence-corrected chi connectivity index (χ4v) is 8.77. The summed E-state index contributed by atoms with van der Waals surface area (Å²) in [7, 11) is -20.2. The van der Waals surface area contributed by atoms with Gasteiger partial charge in [0.25, 0.3) is 52.3 Å². The number of urea groups is 1. The smallest absolute Gasteiger partial charge is 0.320 e. The first-order valence-corrected chi connectivity index (χ1v) is 21.7. The van der Waals surface area contributed by atoms with Gasteiger partial charge in [0.2, 0.25) is 0 Å². The van der Waals surface area contributed by atoms with Crippen LogP contribution in [0.2, 0.25) is 0 Å². The van der Waals surface area contributed by atoms with Crippen molar-refractivity contribution in [2.24, 2.45) is 0 Å². The second kappa shape index (κ2) is 21.8. The molecule has 0 atom stereocenters. The van der Waals surface area contributed by atoms with Gasteiger partial charge in [-0.3, -0.25) is 27.8 Å². The molecule has 0 heterocycles. The maximum Gasteiger partial charge on any atom is 0.323 e. The maximum atomic E-state index is 13.2. The molecule has 0 aliphatic rings. The number of amides is 4. The molecule has 6 rings (SSSR count). The summed E-state index contributed by atoms with van der Waals surface area (Å²) in [5, 5.41) is 9.15. The van der Waals surface area contributed by atoms with E-state index in [1.54, 1.807) is 0 Å². The number of fused-ring (bicyclic) bond motifs is 2. The summed E-state index contributed by atoms with van der Waals surface area (Å²) >= 11 is 0. The van der Waals surface area contributed by atoms with Gasteiger partial charge in [-0.2, -0.15) is 33.7 Å². The molecule has 62 heavy (non-hydrogen) atoms. The standard InChI is InChI=1S/C35H26N4O15S4.4Na/c40-33(38-31-25-7-3-1-5-23(25)27(55(43,44)45)17-29(31)57(49,50)51)19-9-13-21(14-10-19)36-35(42)37-22-15-11-20(12-16-22)34(41)39-32-26-8-4-2-6-24(26)28(56(46,47)48)18-30(32)58(52,53)54;;;;/h1-18H,(H,38,40)(H,39,41)(H2,36,37,42)(H,43,44,45)(H,46,47,48)(H,49,50,51)(H,52,53,54);;;;. The molecule has 0 bridgehead atoms. The van der Waals surface area contributed by atoms with E-state index < -0.39 is 89.3 Å². The summed E-state index contributed by atoms with van der Waals surface area (Å²) in [5.41, 5.74) is -0.704. The van der Waals surface area contributed by atoms with E-state index in [1.165, 1.54) is 97.1 Å². The van der Waals surface area contributed by atoms with E-state index in [-0.39, 0.29) is 162 Å². The van der Waals surface area contributed by atoms with E-state index in [1.807, 2.05) is 0 Å². The van der Waals surface area contributed by atoms with E-state index >= 15 is 0 Å². The minimum Gasteiger partial charge on any atom is -0.320 e. The Labute approximate surface area is 442 Å². The van der Waals surface area contributed by atoms with Gasteiger partial charge in [0.05, 0.1) is 11.4 Å². The Kier molecular flexibility index (Phi) is 19.6. The number of rotatable bonds is 10. The second-order valence-corrected chi connectivity index (χ2v) is 17.7. The fourth-order valence-electron chi connectivity index (χ4n) is 5.80. The van der Waals surface area contributed by atoms with Gasteiger partial charge in [0.1, 0.15) is 19.6 Å². The Balaban J connectivity index is 0.00000331. The predicted octanol–water partition coefficient (Wildman–Crippen LogP) is 3.61. The van der Waals surface area contributed by atoms with Crippen LogP contribution >= 0.6 is 0 Å². The van der Waals surface area contributed by atoms with Crippen LogP contribution in [0.25, 0.3) is 21.5 Å². The van der Waals surface area contributed by atoms with Crippen molar-refractivity contribution < 1.29 is 66.3 Å².